The van der Waals surface area contributed by atoms with Crippen molar-refractivity contribution in [1.82, 2.24) is 0 Å². The zero-order chi connectivity index (χ0) is 12.8. The Bertz CT molecular complexity index is 391. The molecule has 1 amide bonds. The van der Waals surface area contributed by atoms with E-state index in [1.54, 1.807) is 18.2 Å². The molecule has 0 saturated carbocycles. The fourth-order valence-corrected chi connectivity index (χ4v) is 1.23. The van der Waals surface area contributed by atoms with E-state index in [0.29, 0.717) is 17.1 Å². The second-order valence-corrected chi connectivity index (χ2v) is 3.86. The van der Waals surface area contributed by atoms with Crippen LogP contribution in [-0.4, -0.2) is 25.7 Å². The van der Waals surface area contributed by atoms with Crippen LogP contribution in [0.4, 0.5) is 11.4 Å². The van der Waals surface area contributed by atoms with Gasteiger partial charge in [0, 0.05) is 11.8 Å². The minimum Gasteiger partial charge on any atom is -0.495 e. The Morgan fingerprint density at radius 2 is 2.18 bits per heavy atom. The Balaban J connectivity index is 2.59. The average molecular weight is 238 g/mol. The van der Waals surface area contributed by atoms with Crippen molar-refractivity contribution in [2.75, 3.05) is 24.8 Å². The Hall–Kier alpha value is -1.75. The van der Waals surface area contributed by atoms with E-state index in [1.165, 1.54) is 7.11 Å². The topological polar surface area (TPSA) is 73.6 Å². The molecule has 0 saturated heterocycles. The largest absolute Gasteiger partial charge is 0.495 e. The lowest BCUT2D eigenvalue weighted by molar-refractivity contribution is -0.121. The van der Waals surface area contributed by atoms with Crippen LogP contribution < -0.4 is 15.8 Å². The van der Waals surface area contributed by atoms with Gasteiger partial charge in [-0.05, 0) is 26.0 Å². The van der Waals surface area contributed by atoms with Crippen LogP contribution in [0.5, 0.6) is 5.75 Å². The molecule has 94 valence electrons. The summed E-state index contributed by atoms with van der Waals surface area (Å²) in [4.78, 5) is 11.5. The van der Waals surface area contributed by atoms with E-state index in [1.807, 2.05) is 13.8 Å². The standard InChI is InChI=1S/C12H18N2O3/c1-8(2)17-7-12(15)14-9-4-5-10(13)11(6-9)16-3/h4-6,8H,7,13H2,1-3H3,(H,14,15). The predicted molar refractivity (Wildman–Crippen MR) is 67.1 cm³/mol. The number of nitrogens with one attached hydrogen (secondary N) is 1. The maximum Gasteiger partial charge on any atom is 0.250 e. The van der Waals surface area contributed by atoms with Gasteiger partial charge < -0.3 is 20.5 Å². The first kappa shape index (κ1) is 13.3. The highest BCUT2D eigenvalue weighted by molar-refractivity contribution is 5.92. The number of rotatable bonds is 5. The zero-order valence-corrected chi connectivity index (χ0v) is 10.3. The smallest absolute Gasteiger partial charge is 0.250 e. The Morgan fingerprint density at radius 1 is 1.47 bits per heavy atom. The lowest BCUT2D eigenvalue weighted by Gasteiger charge is -2.10. The number of ether oxygens (including phenoxy) is 2. The van der Waals surface area contributed by atoms with Gasteiger partial charge in [-0.3, -0.25) is 4.79 Å². The molecule has 0 radical (unpaired) electrons. The van der Waals surface area contributed by atoms with Crippen molar-refractivity contribution in [2.45, 2.75) is 20.0 Å². The molecule has 1 aromatic rings. The van der Waals surface area contributed by atoms with Crippen LogP contribution in [0, 0.1) is 0 Å². The summed E-state index contributed by atoms with van der Waals surface area (Å²) in [5, 5.41) is 2.70. The maximum atomic E-state index is 11.5. The molecular formula is C12H18N2O3. The van der Waals surface area contributed by atoms with Gasteiger partial charge in [0.25, 0.3) is 0 Å². The van der Waals surface area contributed by atoms with E-state index in [2.05, 4.69) is 5.32 Å². The average Bonchev–Trinajstić information content (AvgIpc) is 2.29. The molecule has 0 aliphatic heterocycles. The molecule has 1 aromatic carbocycles. The number of nitrogen functional groups attached to an aromatic ring is 1. The number of nitrogens with two attached hydrogens (primary N) is 1. The van der Waals surface area contributed by atoms with Crippen LogP contribution >= 0.6 is 0 Å². The second kappa shape index (κ2) is 6.10. The van der Waals surface area contributed by atoms with Crippen molar-refractivity contribution in [1.29, 1.82) is 0 Å². The summed E-state index contributed by atoms with van der Waals surface area (Å²) in [7, 11) is 1.53. The summed E-state index contributed by atoms with van der Waals surface area (Å²) < 4.78 is 10.2. The molecule has 5 heteroatoms. The molecule has 0 aromatic heterocycles. The molecule has 1 rings (SSSR count). The molecule has 0 atom stereocenters. The number of amides is 1. The Kier molecular flexibility index (Phi) is 4.78. The van der Waals surface area contributed by atoms with Crippen molar-refractivity contribution in [3.63, 3.8) is 0 Å². The van der Waals surface area contributed by atoms with Gasteiger partial charge in [-0.25, -0.2) is 0 Å². The van der Waals surface area contributed by atoms with Crippen LogP contribution in [-0.2, 0) is 9.53 Å². The van der Waals surface area contributed by atoms with Crippen molar-refractivity contribution in [2.24, 2.45) is 0 Å². The molecule has 0 unspecified atom stereocenters. The van der Waals surface area contributed by atoms with Gasteiger partial charge in [0.05, 0.1) is 18.9 Å². The molecular weight excluding hydrogens is 220 g/mol. The van der Waals surface area contributed by atoms with Crippen LogP contribution in [0.25, 0.3) is 0 Å². The zero-order valence-electron chi connectivity index (χ0n) is 10.3. The van der Waals surface area contributed by atoms with E-state index < -0.39 is 0 Å². The molecule has 0 bridgehead atoms. The van der Waals surface area contributed by atoms with E-state index in [-0.39, 0.29) is 18.6 Å². The number of hydrogen-bond acceptors (Lipinski definition) is 4. The van der Waals surface area contributed by atoms with Gasteiger partial charge in [-0.2, -0.15) is 0 Å². The van der Waals surface area contributed by atoms with E-state index in [9.17, 15) is 4.79 Å². The maximum absolute atomic E-state index is 11.5. The molecule has 0 heterocycles. The number of methoxy groups -OCH3 is 1. The summed E-state index contributed by atoms with van der Waals surface area (Å²) in [6.07, 6.45) is 0.0294. The van der Waals surface area contributed by atoms with Crippen molar-refractivity contribution in [3.8, 4) is 5.75 Å². The first-order chi connectivity index (χ1) is 8.02. The lowest BCUT2D eigenvalue weighted by atomic mass is 10.2. The van der Waals surface area contributed by atoms with Gasteiger partial charge in [-0.15, -0.1) is 0 Å². The quantitative estimate of drug-likeness (QED) is 0.765. The first-order valence-electron chi connectivity index (χ1n) is 5.38. The first-order valence-corrected chi connectivity index (χ1v) is 5.38. The molecule has 3 N–H and O–H groups in total. The number of benzene rings is 1. The summed E-state index contributed by atoms with van der Waals surface area (Å²) >= 11 is 0. The third kappa shape index (κ3) is 4.32. The minimum atomic E-state index is -0.203. The molecule has 17 heavy (non-hydrogen) atoms. The predicted octanol–water partition coefficient (Wildman–Crippen LogP) is 1.64. The summed E-state index contributed by atoms with van der Waals surface area (Å²) in [5.74, 6) is 0.332. The summed E-state index contributed by atoms with van der Waals surface area (Å²) in [6.45, 7) is 3.78. The Morgan fingerprint density at radius 3 is 2.76 bits per heavy atom. The molecule has 0 spiro atoms. The van der Waals surface area contributed by atoms with E-state index in [0.717, 1.165) is 0 Å². The molecule has 0 aliphatic rings. The third-order valence-electron chi connectivity index (χ3n) is 2.06. The molecule has 5 nitrogen and oxygen atoms in total. The second-order valence-electron chi connectivity index (χ2n) is 3.86. The summed E-state index contributed by atoms with van der Waals surface area (Å²) in [6, 6.07) is 5.06. The molecule has 0 fully saturated rings. The van der Waals surface area contributed by atoms with Crippen molar-refractivity contribution in [3.05, 3.63) is 18.2 Å². The Labute approximate surface area is 101 Å². The summed E-state index contributed by atoms with van der Waals surface area (Å²) in [5.41, 5.74) is 6.83. The fourth-order valence-electron chi connectivity index (χ4n) is 1.23. The van der Waals surface area contributed by atoms with E-state index in [4.69, 9.17) is 15.2 Å². The van der Waals surface area contributed by atoms with Gasteiger partial charge in [0.2, 0.25) is 5.91 Å². The van der Waals surface area contributed by atoms with Crippen LogP contribution in [0.15, 0.2) is 18.2 Å². The number of carbonyl (C=O) groups excluding carboxylic acids is 1. The number of hydrogen-bond donors (Lipinski definition) is 2. The normalized spacial score (nSPS) is 10.4. The number of anilines is 2. The van der Waals surface area contributed by atoms with Crippen molar-refractivity contribution < 1.29 is 14.3 Å². The highest BCUT2D eigenvalue weighted by Gasteiger charge is 2.06. The van der Waals surface area contributed by atoms with Gasteiger partial charge in [0.15, 0.2) is 0 Å². The van der Waals surface area contributed by atoms with Crippen LogP contribution in [0.2, 0.25) is 0 Å². The highest BCUT2D eigenvalue weighted by Crippen LogP contribution is 2.24. The van der Waals surface area contributed by atoms with Crippen LogP contribution in [0.1, 0.15) is 13.8 Å². The monoisotopic (exact) mass is 238 g/mol. The van der Waals surface area contributed by atoms with Gasteiger partial charge in [-0.1, -0.05) is 0 Å². The van der Waals surface area contributed by atoms with Gasteiger partial charge in [0.1, 0.15) is 12.4 Å². The van der Waals surface area contributed by atoms with Crippen molar-refractivity contribution >= 4 is 17.3 Å². The van der Waals surface area contributed by atoms with Crippen LogP contribution in [0.3, 0.4) is 0 Å². The fraction of sp³-hybridized carbons (Fsp3) is 0.417. The lowest BCUT2D eigenvalue weighted by Crippen LogP contribution is -2.20. The van der Waals surface area contributed by atoms with E-state index >= 15 is 0 Å². The minimum absolute atomic E-state index is 0.0294. The molecule has 0 aliphatic carbocycles. The SMILES string of the molecule is COc1cc(NC(=O)COC(C)C)ccc1N. The highest BCUT2D eigenvalue weighted by atomic mass is 16.5. The van der Waals surface area contributed by atoms with Gasteiger partial charge >= 0.3 is 0 Å². The third-order valence-corrected chi connectivity index (χ3v) is 2.06. The number of carbonyl (C=O) groups is 1.